The van der Waals surface area contributed by atoms with Crippen molar-refractivity contribution in [3.63, 3.8) is 0 Å². The fraction of sp³-hybridized carbons (Fsp3) is 0.682. The number of sulfonamides is 1. The van der Waals surface area contributed by atoms with Crippen molar-refractivity contribution in [1.82, 2.24) is 19.8 Å². The smallest absolute Gasteiger partial charge is 0.244 e. The highest BCUT2D eigenvalue weighted by Gasteiger charge is 2.35. The van der Waals surface area contributed by atoms with Crippen LogP contribution in [0.5, 0.6) is 0 Å². The molecule has 0 spiro atoms. The zero-order chi connectivity index (χ0) is 22.7. The largest absolute Gasteiger partial charge is 0.353 e. The predicted molar refractivity (Wildman–Crippen MR) is 123 cm³/mol. The average Bonchev–Trinajstić information content (AvgIpc) is 3.34. The van der Waals surface area contributed by atoms with E-state index in [1.165, 1.54) is 28.5 Å². The lowest BCUT2D eigenvalue weighted by Crippen LogP contribution is -2.47. The van der Waals surface area contributed by atoms with Gasteiger partial charge in [0, 0.05) is 30.4 Å². The number of hydrogen-bond acceptors (Lipinski definition) is 7. The maximum absolute atomic E-state index is 13.5. The van der Waals surface area contributed by atoms with Crippen LogP contribution in [0.3, 0.4) is 0 Å². The lowest BCUT2D eigenvalue weighted by Gasteiger charge is -2.32. The fourth-order valence-electron chi connectivity index (χ4n) is 4.59. The van der Waals surface area contributed by atoms with Crippen LogP contribution in [0.15, 0.2) is 15.5 Å². The van der Waals surface area contributed by atoms with Crippen molar-refractivity contribution in [1.29, 1.82) is 0 Å². The molecule has 1 saturated heterocycles. The molecule has 8 nitrogen and oxygen atoms in total. The van der Waals surface area contributed by atoms with Crippen LogP contribution in [-0.4, -0.2) is 47.9 Å². The molecule has 0 radical (unpaired) electrons. The van der Waals surface area contributed by atoms with Gasteiger partial charge in [0.1, 0.15) is 0 Å². The SMILES string of the molecule is CCc1nc(-c2cc(S(=O)(=O)N3CCCC(C(=O)NC4CCCCCC4)C3)c(C)s2)no1. The number of nitrogens with zero attached hydrogens (tertiary/aromatic N) is 3. The van der Waals surface area contributed by atoms with Crippen LogP contribution in [0.2, 0.25) is 0 Å². The van der Waals surface area contributed by atoms with E-state index in [-0.39, 0.29) is 29.3 Å². The van der Waals surface area contributed by atoms with Crippen LogP contribution in [-0.2, 0) is 21.2 Å². The Bertz CT molecular complexity index is 1040. The summed E-state index contributed by atoms with van der Waals surface area (Å²) in [6, 6.07) is 1.86. The Morgan fingerprint density at radius 3 is 2.66 bits per heavy atom. The van der Waals surface area contributed by atoms with E-state index in [0.29, 0.717) is 40.9 Å². The number of amides is 1. The van der Waals surface area contributed by atoms with Gasteiger partial charge in [0.05, 0.1) is 15.7 Å². The van der Waals surface area contributed by atoms with Gasteiger partial charge < -0.3 is 9.84 Å². The Morgan fingerprint density at radius 1 is 1.22 bits per heavy atom. The van der Waals surface area contributed by atoms with E-state index in [9.17, 15) is 13.2 Å². The van der Waals surface area contributed by atoms with Gasteiger partial charge in [-0.25, -0.2) is 8.42 Å². The number of piperidine rings is 1. The lowest BCUT2D eigenvalue weighted by atomic mass is 9.97. The van der Waals surface area contributed by atoms with E-state index in [1.54, 1.807) is 13.0 Å². The molecule has 0 bridgehead atoms. The summed E-state index contributed by atoms with van der Waals surface area (Å²) in [4.78, 5) is 18.9. The molecule has 2 fully saturated rings. The zero-order valence-corrected chi connectivity index (χ0v) is 20.4. The quantitative estimate of drug-likeness (QED) is 0.629. The second-order valence-corrected chi connectivity index (χ2v) is 12.0. The van der Waals surface area contributed by atoms with Crippen LogP contribution < -0.4 is 5.32 Å². The van der Waals surface area contributed by atoms with Crippen molar-refractivity contribution in [3.05, 3.63) is 16.8 Å². The van der Waals surface area contributed by atoms with Gasteiger partial charge in [-0.05, 0) is 38.7 Å². The molecular weight excluding hydrogens is 448 g/mol. The molecule has 2 aromatic rings. The first-order chi connectivity index (χ1) is 15.4. The number of thiophene rings is 1. The minimum atomic E-state index is -3.71. The van der Waals surface area contributed by atoms with Crippen LogP contribution in [0.1, 0.15) is 69.1 Å². The Balaban J connectivity index is 1.47. The van der Waals surface area contributed by atoms with Crippen molar-refractivity contribution in [2.24, 2.45) is 5.92 Å². The molecule has 176 valence electrons. The number of nitrogens with one attached hydrogen (secondary N) is 1. The zero-order valence-electron chi connectivity index (χ0n) is 18.8. The van der Waals surface area contributed by atoms with E-state index in [1.807, 2.05) is 6.92 Å². The summed E-state index contributed by atoms with van der Waals surface area (Å²) in [7, 11) is -3.71. The molecule has 10 heteroatoms. The van der Waals surface area contributed by atoms with Crippen LogP contribution in [0.25, 0.3) is 10.7 Å². The molecule has 2 aliphatic rings. The van der Waals surface area contributed by atoms with E-state index >= 15 is 0 Å². The van der Waals surface area contributed by atoms with E-state index in [4.69, 9.17) is 4.52 Å². The van der Waals surface area contributed by atoms with E-state index in [2.05, 4.69) is 15.5 Å². The molecule has 4 rings (SSSR count). The molecule has 32 heavy (non-hydrogen) atoms. The first kappa shape index (κ1) is 23.4. The predicted octanol–water partition coefficient (Wildman–Crippen LogP) is 3.91. The summed E-state index contributed by atoms with van der Waals surface area (Å²) < 4.78 is 33.6. The van der Waals surface area contributed by atoms with Gasteiger partial charge >= 0.3 is 0 Å². The van der Waals surface area contributed by atoms with Crippen molar-refractivity contribution in [2.75, 3.05) is 13.1 Å². The molecule has 1 N–H and O–H groups in total. The summed E-state index contributed by atoms with van der Waals surface area (Å²) in [5.41, 5.74) is 0. The summed E-state index contributed by atoms with van der Waals surface area (Å²) >= 11 is 1.34. The van der Waals surface area contributed by atoms with Crippen molar-refractivity contribution in [2.45, 2.75) is 82.6 Å². The maximum atomic E-state index is 13.5. The molecule has 1 unspecified atom stereocenters. The first-order valence-corrected chi connectivity index (χ1v) is 13.9. The Kier molecular flexibility index (Phi) is 7.31. The number of rotatable bonds is 6. The van der Waals surface area contributed by atoms with Crippen LogP contribution >= 0.6 is 11.3 Å². The maximum Gasteiger partial charge on any atom is 0.244 e. The fourth-order valence-corrected chi connectivity index (χ4v) is 7.60. The van der Waals surface area contributed by atoms with E-state index < -0.39 is 10.0 Å². The number of aromatic nitrogens is 2. The molecular formula is C22H32N4O4S2. The standard InChI is InChI=1S/C22H32N4O4S2/c1-3-20-24-21(25-30-20)18-13-19(15(2)31-18)32(28,29)26-12-8-9-16(14-26)22(27)23-17-10-6-4-5-7-11-17/h13,16-17H,3-12,14H2,1-2H3,(H,23,27). The van der Waals surface area contributed by atoms with Gasteiger partial charge in [-0.3, -0.25) is 4.79 Å². The monoisotopic (exact) mass is 480 g/mol. The summed E-state index contributed by atoms with van der Waals surface area (Å²) in [6.07, 6.45) is 8.83. The van der Waals surface area contributed by atoms with Gasteiger partial charge in [-0.2, -0.15) is 9.29 Å². The van der Waals surface area contributed by atoms with Crippen molar-refractivity contribution >= 4 is 27.3 Å². The molecule has 1 aliphatic heterocycles. The normalized spacial score (nSPS) is 21.4. The van der Waals surface area contributed by atoms with Crippen LogP contribution in [0, 0.1) is 12.8 Å². The number of carbonyl (C=O) groups is 1. The minimum absolute atomic E-state index is 0.00146. The van der Waals surface area contributed by atoms with Gasteiger partial charge in [0.25, 0.3) is 0 Å². The highest BCUT2D eigenvalue weighted by Crippen LogP contribution is 2.35. The second-order valence-electron chi connectivity index (χ2n) is 8.80. The topological polar surface area (TPSA) is 105 Å². The van der Waals surface area contributed by atoms with E-state index in [0.717, 1.165) is 32.1 Å². The van der Waals surface area contributed by atoms with Crippen molar-refractivity contribution in [3.8, 4) is 10.7 Å². The molecule has 1 amide bonds. The molecule has 1 aliphatic carbocycles. The van der Waals surface area contributed by atoms with Gasteiger partial charge in [-0.15, -0.1) is 11.3 Å². The second kappa shape index (κ2) is 10.0. The minimum Gasteiger partial charge on any atom is -0.353 e. The number of carbonyl (C=O) groups excluding carboxylic acids is 1. The number of hydrogen-bond donors (Lipinski definition) is 1. The lowest BCUT2D eigenvalue weighted by molar-refractivity contribution is -0.126. The van der Waals surface area contributed by atoms with Gasteiger partial charge in [0.2, 0.25) is 27.6 Å². The summed E-state index contributed by atoms with van der Waals surface area (Å²) in [5, 5.41) is 7.17. The van der Waals surface area contributed by atoms with Crippen molar-refractivity contribution < 1.29 is 17.7 Å². The third-order valence-corrected chi connectivity index (χ3v) is 9.60. The summed E-state index contributed by atoms with van der Waals surface area (Å²) in [6.45, 7) is 4.38. The Hall–Kier alpha value is -1.78. The third kappa shape index (κ3) is 5.07. The van der Waals surface area contributed by atoms with Crippen LogP contribution in [0.4, 0.5) is 0 Å². The Labute approximate surface area is 193 Å². The molecule has 1 atom stereocenters. The molecule has 1 saturated carbocycles. The summed E-state index contributed by atoms with van der Waals surface area (Å²) in [5.74, 6) is 0.632. The molecule has 2 aromatic heterocycles. The third-order valence-electron chi connectivity index (χ3n) is 6.44. The number of aryl methyl sites for hydroxylation is 2. The van der Waals surface area contributed by atoms with Gasteiger partial charge in [0.15, 0.2) is 0 Å². The molecule has 3 heterocycles. The Morgan fingerprint density at radius 2 is 1.97 bits per heavy atom. The first-order valence-electron chi connectivity index (χ1n) is 11.6. The van der Waals surface area contributed by atoms with Gasteiger partial charge in [-0.1, -0.05) is 37.8 Å². The highest BCUT2D eigenvalue weighted by atomic mass is 32.2. The molecule has 0 aromatic carbocycles. The average molecular weight is 481 g/mol. The highest BCUT2D eigenvalue weighted by molar-refractivity contribution is 7.89.